The SMILES string of the molecule is CCNCCNC(=O)CN(CC)c1ccc(-c2ncc(C(=O)NC)s2)cc1. The van der Waals surface area contributed by atoms with Crippen molar-refractivity contribution in [1.29, 1.82) is 0 Å². The van der Waals surface area contributed by atoms with E-state index in [4.69, 9.17) is 0 Å². The lowest BCUT2D eigenvalue weighted by Crippen LogP contribution is -2.39. The fourth-order valence-corrected chi connectivity index (χ4v) is 3.40. The van der Waals surface area contributed by atoms with Crippen LogP contribution in [0.1, 0.15) is 23.5 Å². The zero-order valence-electron chi connectivity index (χ0n) is 16.0. The van der Waals surface area contributed by atoms with Gasteiger partial charge in [-0.3, -0.25) is 9.59 Å². The Morgan fingerprint density at radius 2 is 1.89 bits per heavy atom. The number of aromatic nitrogens is 1. The third-order valence-electron chi connectivity index (χ3n) is 4.03. The number of carbonyl (C=O) groups is 2. The number of thiazole rings is 1. The van der Waals surface area contributed by atoms with Gasteiger partial charge >= 0.3 is 0 Å². The van der Waals surface area contributed by atoms with Crippen LogP contribution in [-0.4, -0.2) is 56.6 Å². The van der Waals surface area contributed by atoms with Gasteiger partial charge in [0, 0.05) is 37.9 Å². The lowest BCUT2D eigenvalue weighted by molar-refractivity contribution is -0.119. The van der Waals surface area contributed by atoms with E-state index in [9.17, 15) is 9.59 Å². The third-order valence-corrected chi connectivity index (χ3v) is 5.07. The van der Waals surface area contributed by atoms with E-state index in [-0.39, 0.29) is 11.8 Å². The van der Waals surface area contributed by atoms with Gasteiger partial charge < -0.3 is 20.9 Å². The van der Waals surface area contributed by atoms with Gasteiger partial charge in [0.1, 0.15) is 9.88 Å². The lowest BCUT2D eigenvalue weighted by Gasteiger charge is -2.22. The summed E-state index contributed by atoms with van der Waals surface area (Å²) in [4.78, 5) is 30.7. The van der Waals surface area contributed by atoms with Crippen molar-refractivity contribution in [1.82, 2.24) is 20.9 Å². The van der Waals surface area contributed by atoms with Gasteiger partial charge in [-0.2, -0.15) is 0 Å². The van der Waals surface area contributed by atoms with Gasteiger partial charge in [-0.25, -0.2) is 4.98 Å². The van der Waals surface area contributed by atoms with Gasteiger partial charge in [0.05, 0.1) is 12.7 Å². The molecule has 0 aliphatic heterocycles. The van der Waals surface area contributed by atoms with Crippen LogP contribution in [0.25, 0.3) is 10.6 Å². The summed E-state index contributed by atoms with van der Waals surface area (Å²) in [5, 5.41) is 9.49. The van der Waals surface area contributed by atoms with E-state index in [1.165, 1.54) is 11.3 Å². The van der Waals surface area contributed by atoms with Gasteiger partial charge in [-0.15, -0.1) is 11.3 Å². The maximum absolute atomic E-state index is 12.1. The van der Waals surface area contributed by atoms with E-state index >= 15 is 0 Å². The van der Waals surface area contributed by atoms with E-state index in [0.717, 1.165) is 35.9 Å². The number of nitrogens with zero attached hydrogens (tertiary/aromatic N) is 2. The van der Waals surface area contributed by atoms with Crippen molar-refractivity contribution in [3.8, 4) is 10.6 Å². The van der Waals surface area contributed by atoms with Gasteiger partial charge in [0.2, 0.25) is 5.91 Å². The van der Waals surface area contributed by atoms with E-state index < -0.39 is 0 Å². The number of rotatable bonds is 10. The minimum atomic E-state index is -0.132. The first-order valence-electron chi connectivity index (χ1n) is 9.09. The molecule has 0 unspecified atom stereocenters. The first kappa shape index (κ1) is 20.9. The fraction of sp³-hybridized carbons (Fsp3) is 0.421. The summed E-state index contributed by atoms with van der Waals surface area (Å²) >= 11 is 1.36. The van der Waals surface area contributed by atoms with Gasteiger partial charge in [-0.05, 0) is 37.7 Å². The Morgan fingerprint density at radius 3 is 2.52 bits per heavy atom. The number of hydrogen-bond acceptors (Lipinski definition) is 6. The first-order chi connectivity index (χ1) is 13.1. The first-order valence-corrected chi connectivity index (χ1v) is 9.91. The normalized spacial score (nSPS) is 10.5. The zero-order chi connectivity index (χ0) is 19.6. The molecule has 0 spiro atoms. The van der Waals surface area contributed by atoms with Crippen LogP contribution in [-0.2, 0) is 4.79 Å². The van der Waals surface area contributed by atoms with Crippen LogP contribution >= 0.6 is 11.3 Å². The van der Waals surface area contributed by atoms with Gasteiger partial charge in [0.25, 0.3) is 5.91 Å². The summed E-state index contributed by atoms with van der Waals surface area (Å²) in [6, 6.07) is 7.89. The summed E-state index contributed by atoms with van der Waals surface area (Å²) in [6.07, 6.45) is 1.59. The minimum Gasteiger partial charge on any atom is -0.363 e. The molecule has 2 amide bonds. The average molecular weight is 390 g/mol. The van der Waals surface area contributed by atoms with Gasteiger partial charge in [0.15, 0.2) is 0 Å². The molecule has 0 aliphatic rings. The van der Waals surface area contributed by atoms with E-state index in [2.05, 4.69) is 20.9 Å². The zero-order valence-corrected chi connectivity index (χ0v) is 16.9. The standard InChI is InChI=1S/C19H27N5O2S/c1-4-21-10-11-22-17(25)13-24(5-2)15-8-6-14(7-9-15)19-23-12-16(27-19)18(26)20-3/h6-9,12,21H,4-5,10-11,13H2,1-3H3,(H,20,26)(H,22,25). The molecule has 0 bridgehead atoms. The second-order valence-corrected chi connectivity index (χ2v) is 6.90. The number of benzene rings is 1. The highest BCUT2D eigenvalue weighted by Crippen LogP contribution is 2.27. The molecular weight excluding hydrogens is 362 g/mol. The summed E-state index contributed by atoms with van der Waals surface area (Å²) < 4.78 is 0. The van der Waals surface area contributed by atoms with E-state index in [1.807, 2.05) is 43.0 Å². The third kappa shape index (κ3) is 6.04. The Balaban J connectivity index is 1.98. The van der Waals surface area contributed by atoms with Crippen molar-refractivity contribution in [3.63, 3.8) is 0 Å². The molecule has 2 aromatic rings. The average Bonchev–Trinajstić information content (AvgIpc) is 3.19. The highest BCUT2D eigenvalue weighted by molar-refractivity contribution is 7.16. The van der Waals surface area contributed by atoms with E-state index in [0.29, 0.717) is 18.0 Å². The number of nitrogens with one attached hydrogen (secondary N) is 3. The Labute approximate surface area is 164 Å². The highest BCUT2D eigenvalue weighted by Gasteiger charge is 2.12. The van der Waals surface area contributed by atoms with Crippen molar-refractivity contribution in [2.24, 2.45) is 0 Å². The molecule has 1 heterocycles. The van der Waals surface area contributed by atoms with Crippen molar-refractivity contribution >= 4 is 28.8 Å². The summed E-state index contributed by atoms with van der Waals surface area (Å²) in [6.45, 7) is 7.41. The smallest absolute Gasteiger partial charge is 0.262 e. The van der Waals surface area contributed by atoms with Crippen LogP contribution in [0.3, 0.4) is 0 Å². The summed E-state index contributed by atoms with van der Waals surface area (Å²) in [5.41, 5.74) is 1.93. The molecule has 8 heteroatoms. The van der Waals surface area contributed by atoms with Gasteiger partial charge in [-0.1, -0.05) is 6.92 Å². The molecule has 0 aliphatic carbocycles. The Bertz CT molecular complexity index is 745. The second-order valence-electron chi connectivity index (χ2n) is 5.87. The molecule has 7 nitrogen and oxygen atoms in total. The van der Waals surface area contributed by atoms with Crippen molar-refractivity contribution in [3.05, 3.63) is 35.3 Å². The number of hydrogen-bond donors (Lipinski definition) is 3. The number of likely N-dealkylation sites (N-methyl/N-ethyl adjacent to an activating group) is 2. The van der Waals surface area contributed by atoms with Crippen LogP contribution in [0.15, 0.2) is 30.5 Å². The number of carbonyl (C=O) groups excluding carboxylic acids is 2. The van der Waals surface area contributed by atoms with E-state index in [1.54, 1.807) is 13.2 Å². The molecule has 0 radical (unpaired) electrons. The molecule has 0 saturated carbocycles. The molecule has 0 atom stereocenters. The van der Waals surface area contributed by atoms with Crippen LogP contribution in [0.2, 0.25) is 0 Å². The summed E-state index contributed by atoms with van der Waals surface area (Å²) in [7, 11) is 1.60. The highest BCUT2D eigenvalue weighted by atomic mass is 32.1. The van der Waals surface area contributed by atoms with Crippen LogP contribution < -0.4 is 20.9 Å². The maximum atomic E-state index is 12.1. The maximum Gasteiger partial charge on any atom is 0.262 e. The Morgan fingerprint density at radius 1 is 1.15 bits per heavy atom. The van der Waals surface area contributed by atoms with Crippen LogP contribution in [0, 0.1) is 0 Å². The summed E-state index contributed by atoms with van der Waals surface area (Å²) in [5.74, 6) is -0.123. The molecule has 2 rings (SSSR count). The minimum absolute atomic E-state index is 0.00831. The van der Waals surface area contributed by atoms with Crippen molar-refractivity contribution in [2.45, 2.75) is 13.8 Å². The fourth-order valence-electron chi connectivity index (χ4n) is 2.53. The molecule has 27 heavy (non-hydrogen) atoms. The topological polar surface area (TPSA) is 86.4 Å². The Kier molecular flexibility index (Phi) is 8.22. The molecule has 3 N–H and O–H groups in total. The molecule has 1 aromatic carbocycles. The number of anilines is 1. The molecular formula is C19H27N5O2S. The molecule has 0 fully saturated rings. The van der Waals surface area contributed by atoms with Crippen molar-refractivity contribution < 1.29 is 9.59 Å². The quantitative estimate of drug-likeness (QED) is 0.539. The molecule has 0 saturated heterocycles. The van der Waals surface area contributed by atoms with Crippen LogP contribution in [0.4, 0.5) is 5.69 Å². The largest absolute Gasteiger partial charge is 0.363 e. The second kappa shape index (κ2) is 10.6. The molecule has 146 valence electrons. The monoisotopic (exact) mass is 389 g/mol. The number of amides is 2. The van der Waals surface area contributed by atoms with Crippen molar-refractivity contribution in [2.75, 3.05) is 44.7 Å². The predicted octanol–water partition coefficient (Wildman–Crippen LogP) is 1.72. The lowest BCUT2D eigenvalue weighted by atomic mass is 10.2. The van der Waals surface area contributed by atoms with Crippen LogP contribution in [0.5, 0.6) is 0 Å². The Hall–Kier alpha value is -2.45. The molecule has 1 aromatic heterocycles. The predicted molar refractivity (Wildman–Crippen MR) is 110 cm³/mol.